The highest BCUT2D eigenvalue weighted by Crippen LogP contribution is 2.32. The molecule has 0 spiro atoms. The van der Waals surface area contributed by atoms with E-state index in [0.717, 1.165) is 39.6 Å². The normalized spacial score (nSPS) is 11.7. The number of hydrogen-bond acceptors (Lipinski definition) is 5. The van der Waals surface area contributed by atoms with Crippen molar-refractivity contribution in [3.63, 3.8) is 0 Å². The fourth-order valence-electron chi connectivity index (χ4n) is 2.51. The van der Waals surface area contributed by atoms with Gasteiger partial charge in [-0.3, -0.25) is 4.31 Å². The lowest BCUT2D eigenvalue weighted by molar-refractivity contribution is -0.0498. The van der Waals surface area contributed by atoms with Gasteiger partial charge in [0.25, 0.3) is 10.0 Å². The van der Waals surface area contributed by atoms with Crippen LogP contribution in [0.25, 0.3) is 0 Å². The quantitative estimate of drug-likeness (QED) is 0.481. The Morgan fingerprint density at radius 3 is 2.45 bits per heavy atom. The molecule has 0 aliphatic carbocycles. The summed E-state index contributed by atoms with van der Waals surface area (Å²) in [6, 6.07) is 8.10. The lowest BCUT2D eigenvalue weighted by atomic mass is 10.3. The van der Waals surface area contributed by atoms with E-state index in [-0.39, 0.29) is 27.9 Å². The summed E-state index contributed by atoms with van der Waals surface area (Å²) in [4.78, 5) is 4.04. The molecule has 3 rings (SSSR count). The summed E-state index contributed by atoms with van der Waals surface area (Å²) < 4.78 is 70.0. The Hall–Kier alpha value is -2.30. The van der Waals surface area contributed by atoms with Crippen molar-refractivity contribution in [2.45, 2.75) is 25.0 Å². The van der Waals surface area contributed by atoms with Gasteiger partial charge < -0.3 is 4.74 Å². The van der Waals surface area contributed by atoms with Gasteiger partial charge in [0.05, 0.1) is 32.9 Å². The molecule has 0 aliphatic heterocycles. The largest absolute Gasteiger partial charge is 0.433 e. The fourth-order valence-corrected chi connectivity index (χ4v) is 4.87. The maximum Gasteiger partial charge on any atom is 0.387 e. The Morgan fingerprint density at radius 2 is 1.90 bits per heavy atom. The maximum atomic E-state index is 13.3. The average Bonchev–Trinajstić information content (AvgIpc) is 3.07. The molecule has 0 radical (unpaired) electrons. The molecule has 2 aromatic carbocycles. The predicted octanol–water partition coefficient (Wildman–Crippen LogP) is 5.24. The number of alkyl halides is 2. The van der Waals surface area contributed by atoms with Gasteiger partial charge >= 0.3 is 6.61 Å². The van der Waals surface area contributed by atoms with E-state index < -0.39 is 22.5 Å². The number of sulfonamides is 1. The highest BCUT2D eigenvalue weighted by Gasteiger charge is 2.27. The van der Waals surface area contributed by atoms with Crippen molar-refractivity contribution in [3.05, 3.63) is 69.4 Å². The number of rotatable bonds is 7. The van der Waals surface area contributed by atoms with Crippen molar-refractivity contribution < 1.29 is 26.3 Å². The Balaban J connectivity index is 2.03. The van der Waals surface area contributed by atoms with Crippen molar-refractivity contribution >= 4 is 38.6 Å². The molecule has 0 N–H and O–H groups in total. The first kappa shape index (κ1) is 21.4. The molecule has 1 heterocycles. The number of ether oxygens (including phenoxy) is 1. The van der Waals surface area contributed by atoms with Crippen LogP contribution in [0.4, 0.5) is 18.9 Å². The topological polar surface area (TPSA) is 59.5 Å². The maximum absolute atomic E-state index is 13.3. The van der Waals surface area contributed by atoms with Crippen LogP contribution in [0.15, 0.2) is 52.7 Å². The first-order valence-corrected chi connectivity index (χ1v) is 10.8. The van der Waals surface area contributed by atoms with Gasteiger partial charge in [-0.15, -0.1) is 11.3 Å². The number of anilines is 1. The minimum atomic E-state index is -4.18. The van der Waals surface area contributed by atoms with E-state index in [2.05, 4.69) is 9.72 Å². The van der Waals surface area contributed by atoms with Gasteiger partial charge in [-0.1, -0.05) is 11.6 Å². The summed E-state index contributed by atoms with van der Waals surface area (Å²) in [5, 5.41) is 2.19. The second kappa shape index (κ2) is 8.60. The van der Waals surface area contributed by atoms with Crippen LogP contribution in [0, 0.1) is 12.7 Å². The highest BCUT2D eigenvalue weighted by molar-refractivity contribution is 7.92. The van der Waals surface area contributed by atoms with Crippen LogP contribution in [0.2, 0.25) is 5.02 Å². The lowest BCUT2D eigenvalue weighted by Gasteiger charge is -2.24. The van der Waals surface area contributed by atoms with Crippen LogP contribution >= 0.6 is 22.9 Å². The average molecular weight is 463 g/mol. The fraction of sp³-hybridized carbons (Fsp3) is 0.167. The smallest absolute Gasteiger partial charge is 0.387 e. The second-order valence-electron chi connectivity index (χ2n) is 5.82. The SMILES string of the molecule is Cc1nc(CN(c2ccc(F)cc2)S(=O)(=O)c2ccc(OC(F)F)c(Cl)c2)cs1. The zero-order chi connectivity index (χ0) is 21.2. The molecule has 3 aromatic rings. The molecular formula is C18H14ClF3N2O3S2. The van der Waals surface area contributed by atoms with Crippen molar-refractivity contribution in [3.8, 4) is 5.75 Å². The van der Waals surface area contributed by atoms with Gasteiger partial charge in [-0.25, -0.2) is 17.8 Å². The van der Waals surface area contributed by atoms with E-state index in [9.17, 15) is 21.6 Å². The number of hydrogen-bond donors (Lipinski definition) is 0. The molecule has 0 amide bonds. The minimum absolute atomic E-state index is 0.106. The first-order chi connectivity index (χ1) is 13.7. The molecule has 0 unspecified atom stereocenters. The molecular weight excluding hydrogens is 449 g/mol. The highest BCUT2D eigenvalue weighted by atomic mass is 35.5. The van der Waals surface area contributed by atoms with Crippen LogP contribution in [0.5, 0.6) is 5.75 Å². The summed E-state index contributed by atoms with van der Waals surface area (Å²) in [6.45, 7) is -1.42. The predicted molar refractivity (Wildman–Crippen MR) is 105 cm³/mol. The Bertz CT molecular complexity index is 1110. The molecule has 0 fully saturated rings. The van der Waals surface area contributed by atoms with Crippen molar-refractivity contribution in [1.29, 1.82) is 0 Å². The number of thiazole rings is 1. The van der Waals surface area contributed by atoms with Crippen molar-refractivity contribution in [2.75, 3.05) is 4.31 Å². The minimum Gasteiger partial charge on any atom is -0.433 e. The third-order valence-corrected chi connectivity index (χ3v) is 6.68. The molecule has 1 aromatic heterocycles. The summed E-state index contributed by atoms with van der Waals surface area (Å²) in [5.74, 6) is -0.865. The van der Waals surface area contributed by atoms with Crippen molar-refractivity contribution in [2.24, 2.45) is 0 Å². The molecule has 11 heteroatoms. The summed E-state index contributed by atoms with van der Waals surface area (Å²) in [5.41, 5.74) is 0.713. The van der Waals surface area contributed by atoms with E-state index in [1.165, 1.54) is 23.5 Å². The Morgan fingerprint density at radius 1 is 1.21 bits per heavy atom. The molecule has 5 nitrogen and oxygen atoms in total. The van der Waals surface area contributed by atoms with Gasteiger partial charge in [0.15, 0.2) is 0 Å². The molecule has 0 bridgehead atoms. The zero-order valence-electron chi connectivity index (χ0n) is 14.9. The van der Waals surface area contributed by atoms with E-state index in [4.69, 9.17) is 11.6 Å². The zero-order valence-corrected chi connectivity index (χ0v) is 17.2. The number of aromatic nitrogens is 1. The first-order valence-electron chi connectivity index (χ1n) is 8.10. The Kier molecular flexibility index (Phi) is 6.35. The number of halogens is 4. The van der Waals surface area contributed by atoms with Gasteiger partial charge in [0, 0.05) is 5.38 Å². The number of benzene rings is 2. The summed E-state index contributed by atoms with van der Waals surface area (Å²) in [7, 11) is -4.18. The molecule has 29 heavy (non-hydrogen) atoms. The molecule has 0 saturated carbocycles. The lowest BCUT2D eigenvalue weighted by Crippen LogP contribution is -2.30. The van der Waals surface area contributed by atoms with Crippen LogP contribution in [-0.4, -0.2) is 20.0 Å². The Labute approximate surface area is 174 Å². The number of aryl methyl sites for hydroxylation is 1. The summed E-state index contributed by atoms with van der Waals surface area (Å²) >= 11 is 7.27. The second-order valence-corrected chi connectivity index (χ2v) is 9.15. The van der Waals surface area contributed by atoms with Crippen LogP contribution in [-0.2, 0) is 16.6 Å². The van der Waals surface area contributed by atoms with Crippen LogP contribution < -0.4 is 9.04 Å². The van der Waals surface area contributed by atoms with Crippen LogP contribution in [0.1, 0.15) is 10.7 Å². The molecule has 0 saturated heterocycles. The van der Waals surface area contributed by atoms with Gasteiger partial charge in [-0.05, 0) is 49.4 Å². The molecule has 0 atom stereocenters. The van der Waals surface area contributed by atoms with E-state index >= 15 is 0 Å². The third kappa shape index (κ3) is 5.01. The third-order valence-electron chi connectivity index (χ3n) is 3.79. The van der Waals surface area contributed by atoms with Gasteiger partial charge in [-0.2, -0.15) is 8.78 Å². The monoisotopic (exact) mass is 462 g/mol. The standard InChI is InChI=1S/C18H14ClF3N2O3S2/c1-11-23-13(10-28-11)9-24(14-4-2-12(20)3-5-14)29(25,26)15-6-7-17(16(19)8-15)27-18(21)22/h2-8,10,18H,9H2,1H3. The van der Waals surface area contributed by atoms with Crippen molar-refractivity contribution in [1.82, 2.24) is 4.98 Å². The summed E-state index contributed by atoms with van der Waals surface area (Å²) in [6.07, 6.45) is 0. The molecule has 0 aliphatic rings. The van der Waals surface area contributed by atoms with E-state index in [1.54, 1.807) is 12.3 Å². The number of nitrogens with zero attached hydrogens (tertiary/aromatic N) is 2. The molecule has 154 valence electrons. The van der Waals surface area contributed by atoms with Gasteiger partial charge in [0.1, 0.15) is 11.6 Å². The van der Waals surface area contributed by atoms with Gasteiger partial charge in [0.2, 0.25) is 0 Å². The van der Waals surface area contributed by atoms with Crippen LogP contribution in [0.3, 0.4) is 0 Å². The van der Waals surface area contributed by atoms with E-state index in [1.807, 2.05) is 0 Å². The van der Waals surface area contributed by atoms with E-state index in [0.29, 0.717) is 5.69 Å².